The number of carbonyl (C=O) groups excluding carboxylic acids is 1. The Labute approximate surface area is 122 Å². The topological polar surface area (TPSA) is 75.6 Å². The lowest BCUT2D eigenvalue weighted by Gasteiger charge is -2.16. The van der Waals surface area contributed by atoms with Gasteiger partial charge < -0.3 is 15.2 Å². The zero-order valence-electron chi connectivity index (χ0n) is 11.9. The van der Waals surface area contributed by atoms with Gasteiger partial charge in [0, 0.05) is 7.11 Å². The lowest BCUT2D eigenvalue weighted by atomic mass is 9.99. The molecule has 0 aliphatic carbocycles. The number of ether oxygens (including phenoxy) is 1. The number of fused-ring (bicyclic) bond motifs is 1. The highest BCUT2D eigenvalue weighted by atomic mass is 16.5. The van der Waals surface area contributed by atoms with Crippen molar-refractivity contribution in [1.29, 1.82) is 0 Å². The SMILES string of the molecule is COC[C@H](NC(=O)c1c(C)ccc2ccccc12)C(=O)O. The molecular weight excluding hydrogens is 270 g/mol. The van der Waals surface area contributed by atoms with Crippen molar-refractivity contribution in [2.45, 2.75) is 13.0 Å². The van der Waals surface area contributed by atoms with Gasteiger partial charge in [-0.25, -0.2) is 4.79 Å². The average molecular weight is 287 g/mol. The van der Waals surface area contributed by atoms with Gasteiger partial charge in [0.15, 0.2) is 6.04 Å². The van der Waals surface area contributed by atoms with Crippen LogP contribution < -0.4 is 5.32 Å². The summed E-state index contributed by atoms with van der Waals surface area (Å²) in [6.45, 7) is 1.75. The van der Waals surface area contributed by atoms with Gasteiger partial charge >= 0.3 is 5.97 Å². The number of aliphatic carboxylic acids is 1. The standard InChI is InChI=1S/C16H17NO4/c1-10-7-8-11-5-3-4-6-12(11)14(10)15(18)17-13(9-21-2)16(19)20/h3-8,13H,9H2,1-2H3,(H,17,18)(H,19,20)/t13-/m0/s1. The van der Waals surface area contributed by atoms with Crippen LogP contribution in [0.2, 0.25) is 0 Å². The first-order chi connectivity index (χ1) is 10.0. The number of rotatable bonds is 5. The molecule has 1 atom stereocenters. The van der Waals surface area contributed by atoms with Crippen LogP contribution in [0.15, 0.2) is 36.4 Å². The molecule has 2 rings (SSSR count). The molecule has 5 nitrogen and oxygen atoms in total. The zero-order valence-corrected chi connectivity index (χ0v) is 11.9. The zero-order chi connectivity index (χ0) is 15.4. The third-order valence-corrected chi connectivity index (χ3v) is 3.30. The first-order valence-corrected chi connectivity index (χ1v) is 6.55. The predicted octanol–water partition coefficient (Wildman–Crippen LogP) is 1.98. The Kier molecular flexibility index (Phi) is 4.55. The molecule has 2 N–H and O–H groups in total. The van der Waals surface area contributed by atoms with Crippen LogP contribution in [0.1, 0.15) is 15.9 Å². The first-order valence-electron chi connectivity index (χ1n) is 6.55. The molecule has 0 unspecified atom stereocenters. The van der Waals surface area contributed by atoms with Crippen LogP contribution in [0.5, 0.6) is 0 Å². The number of benzene rings is 2. The van der Waals surface area contributed by atoms with Crippen LogP contribution in [-0.4, -0.2) is 36.7 Å². The van der Waals surface area contributed by atoms with E-state index in [0.29, 0.717) is 5.56 Å². The van der Waals surface area contributed by atoms with E-state index in [1.807, 2.05) is 43.3 Å². The van der Waals surface area contributed by atoms with Crippen molar-refractivity contribution in [2.24, 2.45) is 0 Å². The Morgan fingerprint density at radius 3 is 2.62 bits per heavy atom. The Morgan fingerprint density at radius 1 is 1.24 bits per heavy atom. The molecule has 2 aromatic rings. The fraction of sp³-hybridized carbons (Fsp3) is 0.250. The molecule has 0 saturated carbocycles. The maximum atomic E-state index is 12.4. The van der Waals surface area contributed by atoms with Gasteiger partial charge in [0.25, 0.3) is 5.91 Å². The molecule has 0 spiro atoms. The number of carboxylic acids is 1. The van der Waals surface area contributed by atoms with Crippen LogP contribution in [0.4, 0.5) is 0 Å². The molecule has 1 amide bonds. The fourth-order valence-electron chi connectivity index (χ4n) is 2.25. The summed E-state index contributed by atoms with van der Waals surface area (Å²) in [6, 6.07) is 10.2. The maximum absolute atomic E-state index is 12.4. The van der Waals surface area contributed by atoms with Crippen LogP contribution in [0.25, 0.3) is 10.8 Å². The van der Waals surface area contributed by atoms with E-state index >= 15 is 0 Å². The molecule has 0 aliphatic heterocycles. The highest BCUT2D eigenvalue weighted by molar-refractivity contribution is 6.09. The van der Waals surface area contributed by atoms with Crippen LogP contribution >= 0.6 is 0 Å². The van der Waals surface area contributed by atoms with Gasteiger partial charge in [-0.3, -0.25) is 4.79 Å². The monoisotopic (exact) mass is 287 g/mol. The normalized spacial score (nSPS) is 12.1. The minimum atomic E-state index is -1.12. The molecule has 0 aromatic heterocycles. The average Bonchev–Trinajstić information content (AvgIpc) is 2.46. The van der Waals surface area contributed by atoms with Gasteiger partial charge in [0.1, 0.15) is 0 Å². The molecule has 0 saturated heterocycles. The Morgan fingerprint density at radius 2 is 1.95 bits per heavy atom. The summed E-state index contributed by atoms with van der Waals surface area (Å²) in [6.07, 6.45) is 0. The number of nitrogens with one attached hydrogen (secondary N) is 1. The second-order valence-corrected chi connectivity index (χ2v) is 4.80. The van der Waals surface area contributed by atoms with Gasteiger partial charge in [0.2, 0.25) is 0 Å². The van der Waals surface area contributed by atoms with Crippen LogP contribution in [-0.2, 0) is 9.53 Å². The smallest absolute Gasteiger partial charge is 0.328 e. The number of carboxylic acid groups (broad SMARTS) is 1. The molecule has 0 heterocycles. The van der Waals surface area contributed by atoms with E-state index in [0.717, 1.165) is 16.3 Å². The number of hydrogen-bond acceptors (Lipinski definition) is 3. The highest BCUT2D eigenvalue weighted by Crippen LogP contribution is 2.22. The van der Waals surface area contributed by atoms with Gasteiger partial charge in [-0.2, -0.15) is 0 Å². The van der Waals surface area contributed by atoms with Crippen molar-refractivity contribution in [2.75, 3.05) is 13.7 Å². The summed E-state index contributed by atoms with van der Waals surface area (Å²) in [5.41, 5.74) is 1.29. The van der Waals surface area contributed by atoms with Crippen molar-refractivity contribution in [3.63, 3.8) is 0 Å². The summed E-state index contributed by atoms with van der Waals surface area (Å²) in [7, 11) is 1.39. The molecule has 0 fully saturated rings. The summed E-state index contributed by atoms with van der Waals surface area (Å²) >= 11 is 0. The van der Waals surface area contributed by atoms with Gasteiger partial charge in [-0.1, -0.05) is 36.4 Å². The summed E-state index contributed by atoms with van der Waals surface area (Å²) in [4.78, 5) is 23.5. The minimum Gasteiger partial charge on any atom is -0.480 e. The summed E-state index contributed by atoms with van der Waals surface area (Å²) < 4.78 is 4.82. The molecule has 21 heavy (non-hydrogen) atoms. The number of methoxy groups -OCH3 is 1. The van der Waals surface area contributed by atoms with E-state index in [1.54, 1.807) is 0 Å². The van der Waals surface area contributed by atoms with Crippen LogP contribution in [0.3, 0.4) is 0 Å². The van der Waals surface area contributed by atoms with E-state index in [-0.39, 0.29) is 6.61 Å². The molecule has 0 bridgehead atoms. The lowest BCUT2D eigenvalue weighted by molar-refractivity contribution is -0.140. The maximum Gasteiger partial charge on any atom is 0.328 e. The summed E-state index contributed by atoms with van der Waals surface area (Å²) in [5, 5.41) is 13.3. The van der Waals surface area contributed by atoms with E-state index in [2.05, 4.69) is 5.32 Å². The molecule has 5 heteroatoms. The third kappa shape index (κ3) is 3.20. The first kappa shape index (κ1) is 15.0. The second kappa shape index (κ2) is 6.37. The number of amides is 1. The Balaban J connectivity index is 2.39. The van der Waals surface area contributed by atoms with Gasteiger partial charge in [-0.15, -0.1) is 0 Å². The second-order valence-electron chi connectivity index (χ2n) is 4.80. The van der Waals surface area contributed by atoms with Crippen molar-refractivity contribution in [1.82, 2.24) is 5.32 Å². The van der Waals surface area contributed by atoms with E-state index in [4.69, 9.17) is 9.84 Å². The molecule has 2 aromatic carbocycles. The molecule has 110 valence electrons. The fourth-order valence-corrected chi connectivity index (χ4v) is 2.25. The summed E-state index contributed by atoms with van der Waals surface area (Å²) in [5.74, 6) is -1.53. The Hall–Kier alpha value is -2.40. The lowest BCUT2D eigenvalue weighted by Crippen LogP contribution is -2.44. The van der Waals surface area contributed by atoms with Gasteiger partial charge in [-0.05, 0) is 23.3 Å². The minimum absolute atomic E-state index is 0.0785. The molecular formula is C16H17NO4. The van der Waals surface area contributed by atoms with Crippen molar-refractivity contribution >= 4 is 22.6 Å². The number of carbonyl (C=O) groups is 2. The highest BCUT2D eigenvalue weighted by Gasteiger charge is 2.22. The number of aryl methyl sites for hydroxylation is 1. The van der Waals surface area contributed by atoms with Crippen molar-refractivity contribution in [3.05, 3.63) is 47.5 Å². The third-order valence-electron chi connectivity index (χ3n) is 3.30. The predicted molar refractivity (Wildman–Crippen MR) is 79.5 cm³/mol. The number of hydrogen-bond donors (Lipinski definition) is 2. The quantitative estimate of drug-likeness (QED) is 0.881. The van der Waals surface area contributed by atoms with Crippen molar-refractivity contribution in [3.8, 4) is 0 Å². The van der Waals surface area contributed by atoms with E-state index in [9.17, 15) is 9.59 Å². The largest absolute Gasteiger partial charge is 0.480 e. The molecule has 0 radical (unpaired) electrons. The van der Waals surface area contributed by atoms with E-state index < -0.39 is 17.9 Å². The van der Waals surface area contributed by atoms with E-state index in [1.165, 1.54) is 7.11 Å². The van der Waals surface area contributed by atoms with Crippen LogP contribution in [0, 0.1) is 6.92 Å². The molecule has 0 aliphatic rings. The Bertz CT molecular complexity index is 681. The van der Waals surface area contributed by atoms with Gasteiger partial charge in [0.05, 0.1) is 12.2 Å². The van der Waals surface area contributed by atoms with Crippen molar-refractivity contribution < 1.29 is 19.4 Å².